The Hall–Kier alpha value is -3.19. The van der Waals surface area contributed by atoms with E-state index in [1.807, 2.05) is 37.3 Å². The summed E-state index contributed by atoms with van der Waals surface area (Å²) in [5.74, 6) is -0.409. The van der Waals surface area contributed by atoms with Crippen molar-refractivity contribution in [2.75, 3.05) is 30.0 Å². The van der Waals surface area contributed by atoms with E-state index in [4.69, 9.17) is 17.0 Å². The Bertz CT molecular complexity index is 1010. The maximum atomic E-state index is 13.2. The molecule has 1 heterocycles. The quantitative estimate of drug-likeness (QED) is 0.436. The van der Waals surface area contributed by atoms with Gasteiger partial charge in [-0.15, -0.1) is 0 Å². The molecule has 0 bridgehead atoms. The van der Waals surface area contributed by atoms with Gasteiger partial charge in [0.25, 0.3) is 11.8 Å². The number of rotatable bonds is 6. The van der Waals surface area contributed by atoms with Crippen LogP contribution in [0.2, 0.25) is 0 Å². The summed E-state index contributed by atoms with van der Waals surface area (Å²) in [6.07, 6.45) is 1.55. The van der Waals surface area contributed by atoms with E-state index in [1.165, 1.54) is 4.90 Å². The molecule has 7 heteroatoms. The van der Waals surface area contributed by atoms with Crippen LogP contribution >= 0.6 is 12.2 Å². The fourth-order valence-electron chi connectivity index (χ4n) is 3.35. The Labute approximate surface area is 182 Å². The first kappa shape index (κ1) is 21.5. The molecule has 3 rings (SSSR count). The molecule has 0 aliphatic carbocycles. The van der Waals surface area contributed by atoms with Crippen LogP contribution in [0, 0.1) is 6.92 Å². The van der Waals surface area contributed by atoms with Gasteiger partial charge in [-0.1, -0.05) is 17.7 Å². The smallest absolute Gasteiger partial charge is 0.270 e. The van der Waals surface area contributed by atoms with Crippen LogP contribution < -0.4 is 19.9 Å². The second-order valence-electron chi connectivity index (χ2n) is 6.89. The van der Waals surface area contributed by atoms with E-state index in [0.717, 1.165) is 24.3 Å². The predicted octanol–water partition coefficient (Wildman–Crippen LogP) is 3.68. The van der Waals surface area contributed by atoms with Crippen molar-refractivity contribution in [3.05, 3.63) is 59.2 Å². The fraction of sp³-hybridized carbons (Fsp3) is 0.261. The highest BCUT2D eigenvalue weighted by molar-refractivity contribution is 7.80. The van der Waals surface area contributed by atoms with Crippen molar-refractivity contribution in [2.45, 2.75) is 20.8 Å². The number of nitrogens with zero attached hydrogens (tertiary/aromatic N) is 2. The Morgan fingerprint density at radius 1 is 1.10 bits per heavy atom. The van der Waals surface area contributed by atoms with Crippen molar-refractivity contribution >= 4 is 46.6 Å². The van der Waals surface area contributed by atoms with Crippen LogP contribution in [-0.4, -0.2) is 37.1 Å². The topological polar surface area (TPSA) is 61.9 Å². The van der Waals surface area contributed by atoms with Gasteiger partial charge in [-0.25, -0.2) is 0 Å². The molecule has 1 N–H and O–H groups in total. The van der Waals surface area contributed by atoms with E-state index >= 15 is 0 Å². The molecule has 0 saturated carbocycles. The highest BCUT2D eigenvalue weighted by Crippen LogP contribution is 2.29. The third-order valence-electron chi connectivity index (χ3n) is 5.04. The summed E-state index contributed by atoms with van der Waals surface area (Å²) in [6, 6.07) is 13.1. The first-order valence-electron chi connectivity index (χ1n) is 9.80. The van der Waals surface area contributed by atoms with Gasteiger partial charge in [0.15, 0.2) is 5.11 Å². The van der Waals surface area contributed by atoms with Gasteiger partial charge in [0.2, 0.25) is 0 Å². The molecule has 1 fully saturated rings. The lowest BCUT2D eigenvalue weighted by atomic mass is 10.1. The van der Waals surface area contributed by atoms with Gasteiger partial charge < -0.3 is 9.64 Å². The molecular weight excluding hydrogens is 398 g/mol. The molecule has 0 spiro atoms. The van der Waals surface area contributed by atoms with Gasteiger partial charge in [0.05, 0.1) is 12.8 Å². The molecule has 0 atom stereocenters. The van der Waals surface area contributed by atoms with Crippen LogP contribution in [0.5, 0.6) is 5.75 Å². The van der Waals surface area contributed by atoms with Crippen LogP contribution in [0.25, 0.3) is 6.08 Å². The number of methoxy groups -OCH3 is 1. The highest BCUT2D eigenvalue weighted by atomic mass is 32.1. The average molecular weight is 424 g/mol. The van der Waals surface area contributed by atoms with Gasteiger partial charge in [0.1, 0.15) is 11.3 Å². The zero-order valence-electron chi connectivity index (χ0n) is 17.6. The normalized spacial score (nSPS) is 15.4. The number of ether oxygens (including phenoxy) is 1. The monoisotopic (exact) mass is 423 g/mol. The number of aryl methyl sites for hydroxylation is 1. The second-order valence-corrected chi connectivity index (χ2v) is 7.28. The number of nitrogens with one attached hydrogen (secondary N) is 1. The van der Waals surface area contributed by atoms with Gasteiger partial charge in [-0.2, -0.15) is 0 Å². The van der Waals surface area contributed by atoms with Crippen molar-refractivity contribution in [3.63, 3.8) is 0 Å². The molecule has 2 aromatic rings. The summed E-state index contributed by atoms with van der Waals surface area (Å²) in [5.41, 5.74) is 3.32. The molecule has 30 heavy (non-hydrogen) atoms. The van der Waals surface area contributed by atoms with Crippen molar-refractivity contribution in [2.24, 2.45) is 0 Å². The van der Waals surface area contributed by atoms with Crippen molar-refractivity contribution in [3.8, 4) is 5.75 Å². The molecule has 156 valence electrons. The lowest BCUT2D eigenvalue weighted by molar-refractivity contribution is -0.122. The Balaban J connectivity index is 2.01. The van der Waals surface area contributed by atoms with Crippen molar-refractivity contribution < 1.29 is 14.3 Å². The molecule has 0 aromatic heterocycles. The van der Waals surface area contributed by atoms with Crippen LogP contribution in [-0.2, 0) is 9.59 Å². The Morgan fingerprint density at radius 2 is 1.77 bits per heavy atom. The first-order chi connectivity index (χ1) is 14.4. The summed E-state index contributed by atoms with van der Waals surface area (Å²) in [7, 11) is 1.57. The zero-order chi connectivity index (χ0) is 21.8. The van der Waals surface area contributed by atoms with Gasteiger partial charge in [-0.05, 0) is 63.3 Å². The average Bonchev–Trinajstić information content (AvgIpc) is 2.73. The highest BCUT2D eigenvalue weighted by Gasteiger charge is 2.34. The van der Waals surface area contributed by atoms with E-state index in [2.05, 4.69) is 24.1 Å². The second kappa shape index (κ2) is 9.09. The van der Waals surface area contributed by atoms with Gasteiger partial charge >= 0.3 is 0 Å². The van der Waals surface area contributed by atoms with E-state index < -0.39 is 11.8 Å². The number of amides is 2. The van der Waals surface area contributed by atoms with Crippen LogP contribution in [0.1, 0.15) is 25.0 Å². The SMILES string of the molecule is CCN(CC)c1ccc(/C=C2/C(=O)NC(=S)N(c3ccc(C)cc3)C2=O)c(OC)c1. The van der Waals surface area contributed by atoms with Gasteiger partial charge in [0, 0.05) is 30.4 Å². The summed E-state index contributed by atoms with van der Waals surface area (Å²) in [4.78, 5) is 29.2. The summed E-state index contributed by atoms with van der Waals surface area (Å²) in [6.45, 7) is 7.86. The van der Waals surface area contributed by atoms with E-state index in [0.29, 0.717) is 17.0 Å². The van der Waals surface area contributed by atoms with E-state index in [9.17, 15) is 9.59 Å². The Kier molecular flexibility index (Phi) is 6.52. The number of thiocarbonyl (C=S) groups is 1. The van der Waals surface area contributed by atoms with E-state index in [-0.39, 0.29) is 10.7 Å². The molecular formula is C23H25N3O3S. The predicted molar refractivity (Wildman–Crippen MR) is 124 cm³/mol. The number of carbonyl (C=O) groups excluding carboxylic acids is 2. The van der Waals surface area contributed by atoms with E-state index in [1.54, 1.807) is 25.3 Å². The lowest BCUT2D eigenvalue weighted by Crippen LogP contribution is -2.54. The number of hydrogen-bond acceptors (Lipinski definition) is 5. The maximum absolute atomic E-state index is 13.2. The molecule has 0 radical (unpaired) electrons. The molecule has 0 unspecified atom stereocenters. The third kappa shape index (κ3) is 4.21. The third-order valence-corrected chi connectivity index (χ3v) is 5.32. The van der Waals surface area contributed by atoms with Crippen LogP contribution in [0.4, 0.5) is 11.4 Å². The number of hydrogen-bond donors (Lipinski definition) is 1. The molecule has 1 saturated heterocycles. The van der Waals surface area contributed by atoms with Crippen molar-refractivity contribution in [1.82, 2.24) is 5.32 Å². The number of carbonyl (C=O) groups is 2. The number of benzene rings is 2. The molecule has 1 aliphatic heterocycles. The Morgan fingerprint density at radius 3 is 2.37 bits per heavy atom. The van der Waals surface area contributed by atoms with Crippen LogP contribution in [0.15, 0.2) is 48.0 Å². The number of anilines is 2. The molecule has 6 nitrogen and oxygen atoms in total. The standard InChI is InChI=1S/C23H25N3O3S/c1-5-25(6-2)18-12-9-16(20(14-18)29-4)13-19-21(27)24-23(30)26(22(19)28)17-10-7-15(3)8-11-17/h7-14H,5-6H2,1-4H3,(H,24,27,30)/b19-13-. The lowest BCUT2D eigenvalue weighted by Gasteiger charge is -2.29. The van der Waals surface area contributed by atoms with Gasteiger partial charge in [-0.3, -0.25) is 19.8 Å². The largest absolute Gasteiger partial charge is 0.496 e. The fourth-order valence-corrected chi connectivity index (χ4v) is 3.63. The summed E-state index contributed by atoms with van der Waals surface area (Å²) >= 11 is 5.25. The first-order valence-corrected chi connectivity index (χ1v) is 10.2. The minimum Gasteiger partial charge on any atom is -0.496 e. The minimum absolute atomic E-state index is 0.00179. The van der Waals surface area contributed by atoms with Crippen molar-refractivity contribution in [1.29, 1.82) is 0 Å². The molecule has 2 aromatic carbocycles. The zero-order valence-corrected chi connectivity index (χ0v) is 18.4. The summed E-state index contributed by atoms with van der Waals surface area (Å²) in [5, 5.41) is 2.67. The summed E-state index contributed by atoms with van der Waals surface area (Å²) < 4.78 is 5.53. The minimum atomic E-state index is -0.525. The maximum Gasteiger partial charge on any atom is 0.270 e. The molecule has 1 aliphatic rings. The molecule has 2 amide bonds. The van der Waals surface area contributed by atoms with Crippen LogP contribution in [0.3, 0.4) is 0 Å².